The van der Waals surface area contributed by atoms with Crippen LogP contribution in [-0.2, 0) is 9.53 Å². The molecule has 0 fully saturated rings. The molecule has 0 aliphatic rings. The van der Waals surface area contributed by atoms with Gasteiger partial charge >= 0.3 is 5.97 Å². The summed E-state index contributed by atoms with van der Waals surface area (Å²) in [7, 11) is 1.46. The summed E-state index contributed by atoms with van der Waals surface area (Å²) in [5.41, 5.74) is 0. The first kappa shape index (κ1) is 12.7. The molecule has 0 bridgehead atoms. The summed E-state index contributed by atoms with van der Waals surface area (Å²) in [5.74, 6) is 0.207. The Morgan fingerprint density at radius 2 is 2.44 bits per heavy atom. The maximum atomic E-state index is 10.9. The molecule has 6 nitrogen and oxygen atoms in total. The minimum absolute atomic E-state index is 0.0966. The molecule has 0 saturated heterocycles. The highest BCUT2D eigenvalue weighted by Gasteiger charge is 2.22. The van der Waals surface area contributed by atoms with Gasteiger partial charge in [0, 0.05) is 7.11 Å². The molecule has 1 heterocycles. The SMILES string of the molecule is COCC(NC(C)c1ncc(C)o1)C(=O)O. The zero-order chi connectivity index (χ0) is 12.1. The van der Waals surface area contributed by atoms with E-state index in [1.807, 2.05) is 0 Å². The largest absolute Gasteiger partial charge is 0.480 e. The number of carboxylic acids is 1. The van der Waals surface area contributed by atoms with Crippen molar-refractivity contribution in [3.05, 3.63) is 17.8 Å². The molecule has 1 aromatic rings. The molecule has 0 aliphatic heterocycles. The first-order chi connectivity index (χ1) is 7.54. The molecule has 2 N–H and O–H groups in total. The van der Waals surface area contributed by atoms with Crippen molar-refractivity contribution in [3.8, 4) is 0 Å². The van der Waals surface area contributed by atoms with Crippen molar-refractivity contribution in [1.29, 1.82) is 0 Å². The second-order valence-corrected chi connectivity index (χ2v) is 3.54. The fraction of sp³-hybridized carbons (Fsp3) is 0.600. The van der Waals surface area contributed by atoms with E-state index in [2.05, 4.69) is 10.3 Å². The van der Waals surface area contributed by atoms with Crippen molar-refractivity contribution in [1.82, 2.24) is 10.3 Å². The average molecular weight is 228 g/mol. The second-order valence-electron chi connectivity index (χ2n) is 3.54. The Balaban J connectivity index is 2.61. The smallest absolute Gasteiger partial charge is 0.323 e. The van der Waals surface area contributed by atoms with Gasteiger partial charge in [-0.2, -0.15) is 0 Å². The third-order valence-corrected chi connectivity index (χ3v) is 2.09. The molecule has 6 heteroatoms. The van der Waals surface area contributed by atoms with Gasteiger partial charge in [0.15, 0.2) is 0 Å². The lowest BCUT2D eigenvalue weighted by Crippen LogP contribution is -2.41. The Morgan fingerprint density at radius 3 is 2.88 bits per heavy atom. The van der Waals surface area contributed by atoms with Crippen molar-refractivity contribution >= 4 is 5.97 Å². The molecule has 16 heavy (non-hydrogen) atoms. The van der Waals surface area contributed by atoms with Gasteiger partial charge in [-0.1, -0.05) is 0 Å². The van der Waals surface area contributed by atoms with Gasteiger partial charge in [-0.05, 0) is 13.8 Å². The van der Waals surface area contributed by atoms with E-state index < -0.39 is 12.0 Å². The van der Waals surface area contributed by atoms with Crippen LogP contribution in [0.1, 0.15) is 24.6 Å². The zero-order valence-corrected chi connectivity index (χ0v) is 9.56. The highest BCUT2D eigenvalue weighted by Crippen LogP contribution is 2.12. The molecule has 0 amide bonds. The van der Waals surface area contributed by atoms with Gasteiger partial charge < -0.3 is 14.3 Å². The van der Waals surface area contributed by atoms with E-state index in [0.717, 1.165) is 0 Å². The number of nitrogens with zero attached hydrogens (tertiary/aromatic N) is 1. The van der Waals surface area contributed by atoms with Crippen LogP contribution in [0.3, 0.4) is 0 Å². The number of carbonyl (C=O) groups is 1. The number of ether oxygens (including phenoxy) is 1. The number of oxazole rings is 1. The number of aromatic nitrogens is 1. The van der Waals surface area contributed by atoms with Gasteiger partial charge in [-0.3, -0.25) is 10.1 Å². The standard InChI is InChI=1S/C10H16N2O4/c1-6-4-11-9(16-6)7(2)12-8(5-15-3)10(13)14/h4,7-8,12H,5H2,1-3H3,(H,13,14). The number of hydrogen-bond donors (Lipinski definition) is 2. The molecular formula is C10H16N2O4. The number of nitrogens with one attached hydrogen (secondary N) is 1. The van der Waals surface area contributed by atoms with Crippen LogP contribution in [0.15, 0.2) is 10.6 Å². The molecule has 1 aromatic heterocycles. The van der Waals surface area contributed by atoms with Gasteiger partial charge in [-0.25, -0.2) is 4.98 Å². The molecule has 0 radical (unpaired) electrons. The van der Waals surface area contributed by atoms with Crippen LogP contribution in [0.4, 0.5) is 0 Å². The summed E-state index contributed by atoms with van der Waals surface area (Å²) >= 11 is 0. The monoisotopic (exact) mass is 228 g/mol. The lowest BCUT2D eigenvalue weighted by molar-refractivity contribution is -0.141. The topological polar surface area (TPSA) is 84.6 Å². The highest BCUT2D eigenvalue weighted by atomic mass is 16.5. The fourth-order valence-electron chi connectivity index (χ4n) is 1.30. The van der Waals surface area contributed by atoms with E-state index in [4.69, 9.17) is 14.3 Å². The van der Waals surface area contributed by atoms with Gasteiger partial charge in [0.05, 0.1) is 18.8 Å². The summed E-state index contributed by atoms with van der Waals surface area (Å²) in [6.07, 6.45) is 1.60. The molecule has 0 aliphatic carbocycles. The van der Waals surface area contributed by atoms with Crippen molar-refractivity contribution in [2.24, 2.45) is 0 Å². The van der Waals surface area contributed by atoms with E-state index in [-0.39, 0.29) is 12.6 Å². The summed E-state index contributed by atoms with van der Waals surface area (Å²) in [6, 6.07) is -1.04. The summed E-state index contributed by atoms with van der Waals surface area (Å²) in [4.78, 5) is 14.9. The average Bonchev–Trinajstić information content (AvgIpc) is 2.64. The van der Waals surface area contributed by atoms with Crippen LogP contribution in [0.25, 0.3) is 0 Å². The molecule has 2 atom stereocenters. The third-order valence-electron chi connectivity index (χ3n) is 2.09. The predicted molar refractivity (Wildman–Crippen MR) is 56.1 cm³/mol. The fourth-order valence-corrected chi connectivity index (χ4v) is 1.30. The lowest BCUT2D eigenvalue weighted by Gasteiger charge is -2.17. The van der Waals surface area contributed by atoms with Crippen LogP contribution in [0.5, 0.6) is 0 Å². The Kier molecular flexibility index (Phi) is 4.45. The number of methoxy groups -OCH3 is 1. The Labute approximate surface area is 93.6 Å². The number of rotatable bonds is 6. The van der Waals surface area contributed by atoms with Crippen LogP contribution in [0, 0.1) is 6.92 Å². The van der Waals surface area contributed by atoms with E-state index in [0.29, 0.717) is 11.7 Å². The van der Waals surface area contributed by atoms with Gasteiger partial charge in [-0.15, -0.1) is 0 Å². The lowest BCUT2D eigenvalue weighted by atomic mass is 10.2. The van der Waals surface area contributed by atoms with Gasteiger partial charge in [0.25, 0.3) is 0 Å². The number of aliphatic carboxylic acids is 1. The molecule has 2 unspecified atom stereocenters. The Morgan fingerprint density at radius 1 is 1.75 bits per heavy atom. The van der Waals surface area contributed by atoms with Gasteiger partial charge in [0.2, 0.25) is 5.89 Å². The van der Waals surface area contributed by atoms with E-state index in [9.17, 15) is 4.79 Å². The highest BCUT2D eigenvalue weighted by molar-refractivity contribution is 5.73. The van der Waals surface area contributed by atoms with Crippen LogP contribution >= 0.6 is 0 Å². The Hall–Kier alpha value is -1.40. The normalized spacial score (nSPS) is 14.7. The molecule has 0 spiro atoms. The number of carboxylic acid groups (broad SMARTS) is 1. The Bertz CT molecular complexity index is 350. The molecule has 0 saturated carbocycles. The third kappa shape index (κ3) is 3.32. The van der Waals surface area contributed by atoms with Crippen molar-refractivity contribution < 1.29 is 19.1 Å². The molecular weight excluding hydrogens is 212 g/mol. The van der Waals surface area contributed by atoms with Gasteiger partial charge in [0.1, 0.15) is 11.8 Å². The molecule has 90 valence electrons. The first-order valence-electron chi connectivity index (χ1n) is 4.94. The number of hydrogen-bond acceptors (Lipinski definition) is 5. The quantitative estimate of drug-likeness (QED) is 0.746. The maximum absolute atomic E-state index is 10.9. The second kappa shape index (κ2) is 5.62. The predicted octanol–water partition coefficient (Wildman–Crippen LogP) is 0.733. The summed E-state index contributed by atoms with van der Waals surface area (Å²) < 4.78 is 10.1. The van der Waals surface area contributed by atoms with Crippen molar-refractivity contribution in [2.75, 3.05) is 13.7 Å². The molecule has 1 rings (SSSR count). The zero-order valence-electron chi connectivity index (χ0n) is 9.56. The van der Waals surface area contributed by atoms with Crippen molar-refractivity contribution in [2.45, 2.75) is 25.9 Å². The van der Waals surface area contributed by atoms with E-state index >= 15 is 0 Å². The number of aryl methyl sites for hydroxylation is 1. The summed E-state index contributed by atoms with van der Waals surface area (Å²) in [5, 5.41) is 11.8. The molecule has 0 aromatic carbocycles. The van der Waals surface area contributed by atoms with Crippen LogP contribution < -0.4 is 5.32 Å². The summed E-state index contributed by atoms with van der Waals surface area (Å²) in [6.45, 7) is 3.67. The van der Waals surface area contributed by atoms with E-state index in [1.165, 1.54) is 7.11 Å². The minimum Gasteiger partial charge on any atom is -0.480 e. The van der Waals surface area contributed by atoms with Crippen LogP contribution in [0.2, 0.25) is 0 Å². The minimum atomic E-state index is -0.961. The van der Waals surface area contributed by atoms with Crippen LogP contribution in [-0.4, -0.2) is 35.8 Å². The maximum Gasteiger partial charge on any atom is 0.323 e. The first-order valence-corrected chi connectivity index (χ1v) is 4.94. The van der Waals surface area contributed by atoms with E-state index in [1.54, 1.807) is 20.0 Å². The van der Waals surface area contributed by atoms with Crippen molar-refractivity contribution in [3.63, 3.8) is 0 Å².